The molecule has 2 heterocycles. The van der Waals surface area contributed by atoms with Gasteiger partial charge < -0.3 is 20.1 Å². The number of ether oxygens (including phenoxy) is 2. The van der Waals surface area contributed by atoms with E-state index in [-0.39, 0.29) is 25.1 Å². The zero-order valence-corrected chi connectivity index (χ0v) is 12.7. The van der Waals surface area contributed by atoms with Crippen LogP contribution in [-0.2, 0) is 11.3 Å². The molecule has 1 saturated heterocycles. The van der Waals surface area contributed by atoms with E-state index in [1.54, 1.807) is 0 Å². The van der Waals surface area contributed by atoms with Crippen molar-refractivity contribution in [1.82, 2.24) is 10.6 Å². The number of fused-ring (bicyclic) bond motifs is 1. The van der Waals surface area contributed by atoms with Gasteiger partial charge in [-0.15, -0.1) is 12.4 Å². The summed E-state index contributed by atoms with van der Waals surface area (Å²) in [5.41, 5.74) is 0.965. The lowest BCUT2D eigenvalue weighted by Gasteiger charge is -2.11. The normalized spacial score (nSPS) is 19.1. The second-order valence-corrected chi connectivity index (χ2v) is 5.26. The van der Waals surface area contributed by atoms with Crippen molar-refractivity contribution in [3.05, 3.63) is 23.8 Å². The molecule has 1 aromatic carbocycles. The first-order valence-corrected chi connectivity index (χ1v) is 7.20. The van der Waals surface area contributed by atoms with Crippen LogP contribution in [0.2, 0.25) is 0 Å². The maximum atomic E-state index is 11.9. The molecule has 0 aromatic heterocycles. The van der Waals surface area contributed by atoms with Gasteiger partial charge in [0, 0.05) is 24.6 Å². The molecule has 0 radical (unpaired) electrons. The van der Waals surface area contributed by atoms with Crippen molar-refractivity contribution in [2.75, 3.05) is 13.3 Å². The van der Waals surface area contributed by atoms with Crippen LogP contribution in [0.4, 0.5) is 0 Å². The van der Waals surface area contributed by atoms with Gasteiger partial charge in [-0.05, 0) is 31.9 Å². The summed E-state index contributed by atoms with van der Waals surface area (Å²) in [7, 11) is 0. The van der Waals surface area contributed by atoms with Gasteiger partial charge in [-0.25, -0.2) is 0 Å². The molecular formula is C15H21ClN2O3. The summed E-state index contributed by atoms with van der Waals surface area (Å²) in [5, 5.41) is 6.35. The molecule has 0 spiro atoms. The quantitative estimate of drug-likeness (QED) is 0.873. The van der Waals surface area contributed by atoms with Crippen LogP contribution in [0.1, 0.15) is 31.2 Å². The minimum Gasteiger partial charge on any atom is -0.454 e. The lowest BCUT2D eigenvalue weighted by Crippen LogP contribution is -2.27. The molecule has 1 fully saturated rings. The maximum absolute atomic E-state index is 11.9. The Bertz CT molecular complexity index is 490. The van der Waals surface area contributed by atoms with Gasteiger partial charge in [0.25, 0.3) is 0 Å². The SMILES string of the molecule is Cl.O=C(CCC1CCCN1)NCc1cccc2c1OCO2. The van der Waals surface area contributed by atoms with Gasteiger partial charge in [0.15, 0.2) is 11.5 Å². The van der Waals surface area contributed by atoms with E-state index in [1.165, 1.54) is 12.8 Å². The summed E-state index contributed by atoms with van der Waals surface area (Å²) in [6, 6.07) is 6.25. The summed E-state index contributed by atoms with van der Waals surface area (Å²) in [6.45, 7) is 1.83. The van der Waals surface area contributed by atoms with Crippen molar-refractivity contribution in [1.29, 1.82) is 0 Å². The molecule has 1 aromatic rings. The van der Waals surface area contributed by atoms with Gasteiger partial charge in [0.1, 0.15) is 0 Å². The summed E-state index contributed by atoms with van der Waals surface area (Å²) in [5.74, 6) is 1.60. The second kappa shape index (κ2) is 7.52. The van der Waals surface area contributed by atoms with Crippen LogP contribution in [0.15, 0.2) is 18.2 Å². The van der Waals surface area contributed by atoms with E-state index in [2.05, 4.69) is 10.6 Å². The lowest BCUT2D eigenvalue weighted by molar-refractivity contribution is -0.121. The highest BCUT2D eigenvalue weighted by Gasteiger charge is 2.18. The van der Waals surface area contributed by atoms with E-state index in [1.807, 2.05) is 18.2 Å². The van der Waals surface area contributed by atoms with E-state index in [0.717, 1.165) is 30.0 Å². The van der Waals surface area contributed by atoms with Crippen molar-refractivity contribution >= 4 is 18.3 Å². The van der Waals surface area contributed by atoms with Crippen molar-refractivity contribution in [3.63, 3.8) is 0 Å². The van der Waals surface area contributed by atoms with Crippen LogP contribution in [0.25, 0.3) is 0 Å². The monoisotopic (exact) mass is 312 g/mol. The maximum Gasteiger partial charge on any atom is 0.231 e. The Morgan fingerprint density at radius 2 is 2.29 bits per heavy atom. The van der Waals surface area contributed by atoms with Crippen LogP contribution >= 0.6 is 12.4 Å². The third-order valence-electron chi connectivity index (χ3n) is 3.84. The zero-order chi connectivity index (χ0) is 13.8. The first-order chi connectivity index (χ1) is 9.83. The average molecular weight is 313 g/mol. The highest BCUT2D eigenvalue weighted by atomic mass is 35.5. The number of carbonyl (C=O) groups excluding carboxylic acids is 1. The standard InChI is InChI=1S/C15H20N2O3.ClH/c18-14(7-6-12-4-2-8-16-12)17-9-11-3-1-5-13-15(11)20-10-19-13;/h1,3,5,12,16H,2,4,6-10H2,(H,17,18);1H. The fraction of sp³-hybridized carbons (Fsp3) is 0.533. The number of carbonyl (C=O) groups is 1. The fourth-order valence-electron chi connectivity index (χ4n) is 2.72. The molecule has 0 saturated carbocycles. The fourth-order valence-corrected chi connectivity index (χ4v) is 2.72. The minimum absolute atomic E-state index is 0. The third kappa shape index (κ3) is 4.02. The highest BCUT2D eigenvalue weighted by molar-refractivity contribution is 5.85. The molecule has 0 aliphatic carbocycles. The lowest BCUT2D eigenvalue weighted by atomic mass is 10.1. The number of halogens is 1. The smallest absolute Gasteiger partial charge is 0.231 e. The van der Waals surface area contributed by atoms with Gasteiger partial charge in [0.2, 0.25) is 12.7 Å². The number of rotatable bonds is 5. The largest absolute Gasteiger partial charge is 0.454 e. The number of amides is 1. The molecule has 2 aliphatic rings. The summed E-state index contributed by atoms with van der Waals surface area (Å²) in [6.07, 6.45) is 3.90. The van der Waals surface area contributed by atoms with Gasteiger partial charge >= 0.3 is 0 Å². The van der Waals surface area contributed by atoms with E-state index in [4.69, 9.17) is 9.47 Å². The summed E-state index contributed by atoms with van der Waals surface area (Å²) >= 11 is 0. The molecule has 5 nitrogen and oxygen atoms in total. The van der Waals surface area contributed by atoms with E-state index in [0.29, 0.717) is 19.0 Å². The van der Waals surface area contributed by atoms with Gasteiger partial charge in [-0.1, -0.05) is 12.1 Å². The number of benzene rings is 1. The Kier molecular flexibility index (Phi) is 5.70. The van der Waals surface area contributed by atoms with Crippen LogP contribution in [0.5, 0.6) is 11.5 Å². The first-order valence-electron chi connectivity index (χ1n) is 7.20. The first kappa shape index (κ1) is 15.9. The average Bonchev–Trinajstić information content (AvgIpc) is 3.13. The van der Waals surface area contributed by atoms with E-state index >= 15 is 0 Å². The van der Waals surface area contributed by atoms with Crippen LogP contribution in [-0.4, -0.2) is 25.3 Å². The Labute approximate surface area is 130 Å². The Hall–Kier alpha value is -1.46. The second-order valence-electron chi connectivity index (χ2n) is 5.26. The molecule has 1 unspecified atom stereocenters. The Balaban J connectivity index is 0.00000161. The van der Waals surface area contributed by atoms with Gasteiger partial charge in [0.05, 0.1) is 0 Å². The van der Waals surface area contributed by atoms with Crippen molar-refractivity contribution in [2.24, 2.45) is 0 Å². The van der Waals surface area contributed by atoms with E-state index in [9.17, 15) is 4.79 Å². The molecule has 2 N–H and O–H groups in total. The molecule has 1 amide bonds. The predicted octanol–water partition coefficient (Wildman–Crippen LogP) is 1.99. The highest BCUT2D eigenvalue weighted by Crippen LogP contribution is 2.35. The zero-order valence-electron chi connectivity index (χ0n) is 11.9. The summed E-state index contributed by atoms with van der Waals surface area (Å²) in [4.78, 5) is 11.9. The molecule has 2 aliphatic heterocycles. The molecule has 3 rings (SSSR count). The number of hydrogen-bond donors (Lipinski definition) is 2. The predicted molar refractivity (Wildman–Crippen MR) is 81.9 cm³/mol. The van der Waals surface area contributed by atoms with Crippen LogP contribution < -0.4 is 20.1 Å². The Morgan fingerprint density at radius 3 is 3.10 bits per heavy atom. The van der Waals surface area contributed by atoms with Crippen LogP contribution in [0.3, 0.4) is 0 Å². The van der Waals surface area contributed by atoms with Crippen molar-refractivity contribution < 1.29 is 14.3 Å². The van der Waals surface area contributed by atoms with Crippen molar-refractivity contribution in [3.8, 4) is 11.5 Å². The number of para-hydroxylation sites is 1. The van der Waals surface area contributed by atoms with Gasteiger partial charge in [-0.2, -0.15) is 0 Å². The van der Waals surface area contributed by atoms with Crippen molar-refractivity contribution in [2.45, 2.75) is 38.3 Å². The molecule has 0 bridgehead atoms. The molecule has 1 atom stereocenters. The molecule has 21 heavy (non-hydrogen) atoms. The topological polar surface area (TPSA) is 59.6 Å². The van der Waals surface area contributed by atoms with Crippen LogP contribution in [0, 0.1) is 0 Å². The minimum atomic E-state index is 0. The Morgan fingerprint density at radius 1 is 1.38 bits per heavy atom. The molecule has 116 valence electrons. The molecular weight excluding hydrogens is 292 g/mol. The molecule has 6 heteroatoms. The van der Waals surface area contributed by atoms with E-state index < -0.39 is 0 Å². The summed E-state index contributed by atoms with van der Waals surface area (Å²) < 4.78 is 10.7. The number of nitrogens with one attached hydrogen (secondary N) is 2. The number of hydrogen-bond acceptors (Lipinski definition) is 4. The third-order valence-corrected chi connectivity index (χ3v) is 3.84. The van der Waals surface area contributed by atoms with Gasteiger partial charge in [-0.3, -0.25) is 4.79 Å².